The van der Waals surface area contributed by atoms with Gasteiger partial charge in [0, 0.05) is 31.6 Å². The number of carbonyl (C=O) groups excluding carboxylic acids is 2. The Bertz CT molecular complexity index is 468. The molecule has 6 nitrogen and oxygen atoms in total. The maximum atomic E-state index is 12.0. The summed E-state index contributed by atoms with van der Waals surface area (Å²) in [6.45, 7) is 9.04. The monoisotopic (exact) mass is 313 g/mol. The molecule has 0 atom stereocenters. The van der Waals surface area contributed by atoms with Crippen molar-refractivity contribution in [1.82, 2.24) is 9.88 Å². The molecule has 0 aliphatic rings. The Morgan fingerprint density at radius 3 is 2.62 bits per heavy atom. The predicted molar refractivity (Wildman–Crippen MR) is 83.6 cm³/mol. The van der Waals surface area contributed by atoms with E-state index >= 15 is 0 Å². The highest BCUT2D eigenvalue weighted by Gasteiger charge is 2.15. The Kier molecular flexibility index (Phi) is 7.31. The number of hydrogen-bond acceptors (Lipinski definition) is 5. The summed E-state index contributed by atoms with van der Waals surface area (Å²) >= 11 is 1.44. The molecule has 0 saturated heterocycles. The van der Waals surface area contributed by atoms with Crippen molar-refractivity contribution in [2.24, 2.45) is 0 Å². The van der Waals surface area contributed by atoms with E-state index in [0.29, 0.717) is 24.9 Å². The lowest BCUT2D eigenvalue weighted by Crippen LogP contribution is -2.37. The van der Waals surface area contributed by atoms with Crippen LogP contribution in [0.25, 0.3) is 0 Å². The topological polar surface area (TPSA) is 71.5 Å². The smallest absolute Gasteiger partial charge is 0.245 e. The van der Waals surface area contributed by atoms with Crippen molar-refractivity contribution < 1.29 is 14.3 Å². The first kappa shape index (κ1) is 17.6. The molecule has 0 aliphatic heterocycles. The first-order chi connectivity index (χ1) is 9.93. The fraction of sp³-hybridized carbons (Fsp3) is 0.643. The third-order valence-corrected chi connectivity index (χ3v) is 3.96. The van der Waals surface area contributed by atoms with E-state index in [9.17, 15) is 9.59 Å². The Morgan fingerprint density at radius 2 is 2.10 bits per heavy atom. The molecule has 0 unspecified atom stereocenters. The summed E-state index contributed by atoms with van der Waals surface area (Å²) in [5.74, 6) is -0.344. The molecule has 1 heterocycles. The molecule has 0 aliphatic carbocycles. The van der Waals surface area contributed by atoms with Crippen molar-refractivity contribution in [3.05, 3.63) is 10.6 Å². The van der Waals surface area contributed by atoms with Gasteiger partial charge in [0.25, 0.3) is 0 Å². The van der Waals surface area contributed by atoms with E-state index in [-0.39, 0.29) is 18.4 Å². The molecular weight excluding hydrogens is 290 g/mol. The van der Waals surface area contributed by atoms with E-state index in [1.807, 2.05) is 20.8 Å². The van der Waals surface area contributed by atoms with Gasteiger partial charge in [-0.2, -0.15) is 0 Å². The van der Waals surface area contributed by atoms with Gasteiger partial charge in [0.2, 0.25) is 11.8 Å². The number of nitrogens with zero attached hydrogens (tertiary/aromatic N) is 2. The summed E-state index contributed by atoms with van der Waals surface area (Å²) < 4.78 is 5.23. The number of aromatic nitrogens is 1. The molecule has 21 heavy (non-hydrogen) atoms. The van der Waals surface area contributed by atoms with E-state index in [0.717, 1.165) is 17.0 Å². The summed E-state index contributed by atoms with van der Waals surface area (Å²) in [6, 6.07) is 0. The molecule has 0 aromatic carbocycles. The van der Waals surface area contributed by atoms with Crippen LogP contribution in [0.15, 0.2) is 0 Å². The fourth-order valence-corrected chi connectivity index (χ4v) is 2.54. The number of aryl methyl sites for hydroxylation is 2. The van der Waals surface area contributed by atoms with Gasteiger partial charge in [-0.1, -0.05) is 0 Å². The number of nitrogens with one attached hydrogen (secondary N) is 1. The third kappa shape index (κ3) is 6.22. The maximum Gasteiger partial charge on any atom is 0.245 e. The number of thiazole rings is 1. The summed E-state index contributed by atoms with van der Waals surface area (Å²) in [5.41, 5.74) is 0.912. The van der Waals surface area contributed by atoms with Gasteiger partial charge in [0.05, 0.1) is 12.2 Å². The number of amides is 2. The van der Waals surface area contributed by atoms with Crippen molar-refractivity contribution in [3.63, 3.8) is 0 Å². The van der Waals surface area contributed by atoms with E-state index in [4.69, 9.17) is 4.74 Å². The third-order valence-electron chi connectivity index (χ3n) is 2.98. The molecule has 0 radical (unpaired) electrons. The van der Waals surface area contributed by atoms with Gasteiger partial charge in [-0.05, 0) is 27.2 Å². The molecule has 1 rings (SSSR count). The molecule has 1 aromatic heterocycles. The summed E-state index contributed by atoms with van der Waals surface area (Å²) in [4.78, 5) is 30.4. The molecule has 0 spiro atoms. The molecule has 0 fully saturated rings. The second kappa shape index (κ2) is 8.74. The summed E-state index contributed by atoms with van der Waals surface area (Å²) in [5, 5.41) is 3.31. The van der Waals surface area contributed by atoms with Gasteiger partial charge in [-0.3, -0.25) is 9.59 Å². The number of rotatable bonds is 8. The van der Waals surface area contributed by atoms with Crippen molar-refractivity contribution in [1.29, 1.82) is 0 Å². The van der Waals surface area contributed by atoms with Gasteiger partial charge in [0.1, 0.15) is 0 Å². The summed E-state index contributed by atoms with van der Waals surface area (Å²) in [7, 11) is 0. The van der Waals surface area contributed by atoms with Crippen molar-refractivity contribution in [3.8, 4) is 0 Å². The first-order valence-electron chi connectivity index (χ1n) is 7.01. The zero-order chi connectivity index (χ0) is 15.8. The molecule has 118 valence electrons. The van der Waals surface area contributed by atoms with Crippen LogP contribution in [0.3, 0.4) is 0 Å². The van der Waals surface area contributed by atoms with Crippen LogP contribution >= 0.6 is 11.3 Å². The minimum atomic E-state index is -0.227. The van der Waals surface area contributed by atoms with Crippen LogP contribution < -0.4 is 5.32 Å². The van der Waals surface area contributed by atoms with Crippen molar-refractivity contribution >= 4 is 28.3 Å². The van der Waals surface area contributed by atoms with Crippen LogP contribution in [-0.4, -0.2) is 48.0 Å². The first-order valence-corrected chi connectivity index (χ1v) is 7.82. The van der Waals surface area contributed by atoms with Crippen LogP contribution in [0.1, 0.15) is 30.8 Å². The molecule has 0 bridgehead atoms. The molecule has 2 amide bonds. The molecule has 0 saturated carbocycles. The highest BCUT2D eigenvalue weighted by atomic mass is 32.1. The molecule has 1 N–H and O–H groups in total. The quantitative estimate of drug-likeness (QED) is 0.745. The van der Waals surface area contributed by atoms with Crippen molar-refractivity contribution in [2.75, 3.05) is 31.6 Å². The van der Waals surface area contributed by atoms with E-state index in [2.05, 4.69) is 10.3 Å². The SMILES string of the molecule is CCOCCCN(CC(=O)Nc1nc(C)c(C)s1)C(C)=O. The fourth-order valence-electron chi connectivity index (χ4n) is 1.71. The largest absolute Gasteiger partial charge is 0.382 e. The van der Waals surface area contributed by atoms with Gasteiger partial charge in [-0.15, -0.1) is 11.3 Å². The predicted octanol–water partition coefficient (Wildman–Crippen LogP) is 1.97. The van der Waals surface area contributed by atoms with Crippen molar-refractivity contribution in [2.45, 2.75) is 34.1 Å². The lowest BCUT2D eigenvalue weighted by molar-refractivity contribution is -0.132. The maximum absolute atomic E-state index is 12.0. The zero-order valence-electron chi connectivity index (χ0n) is 13.1. The van der Waals surface area contributed by atoms with Crippen LogP contribution in [0.2, 0.25) is 0 Å². The van der Waals surface area contributed by atoms with Crippen LogP contribution in [0, 0.1) is 13.8 Å². The molecule has 1 aromatic rings. The second-order valence-corrected chi connectivity index (χ2v) is 5.90. The van der Waals surface area contributed by atoms with Crippen LogP contribution in [0.5, 0.6) is 0 Å². The average Bonchev–Trinajstić information content (AvgIpc) is 2.71. The minimum Gasteiger partial charge on any atom is -0.382 e. The van der Waals surface area contributed by atoms with Gasteiger partial charge in [-0.25, -0.2) is 4.98 Å². The van der Waals surface area contributed by atoms with Gasteiger partial charge >= 0.3 is 0 Å². The van der Waals surface area contributed by atoms with Crippen LogP contribution in [-0.2, 0) is 14.3 Å². The Labute approximate surface area is 129 Å². The number of anilines is 1. The number of carbonyl (C=O) groups is 2. The zero-order valence-corrected chi connectivity index (χ0v) is 13.9. The van der Waals surface area contributed by atoms with Gasteiger partial charge in [0.15, 0.2) is 5.13 Å². The number of hydrogen-bond donors (Lipinski definition) is 1. The normalized spacial score (nSPS) is 10.5. The highest BCUT2D eigenvalue weighted by molar-refractivity contribution is 7.15. The number of ether oxygens (including phenoxy) is 1. The Balaban J connectivity index is 2.46. The lowest BCUT2D eigenvalue weighted by atomic mass is 10.3. The molecule has 7 heteroatoms. The van der Waals surface area contributed by atoms with E-state index in [1.54, 1.807) is 0 Å². The van der Waals surface area contributed by atoms with Gasteiger partial charge < -0.3 is 15.0 Å². The highest BCUT2D eigenvalue weighted by Crippen LogP contribution is 2.20. The van der Waals surface area contributed by atoms with E-state index < -0.39 is 0 Å². The summed E-state index contributed by atoms with van der Waals surface area (Å²) in [6.07, 6.45) is 0.718. The Hall–Kier alpha value is -1.47. The second-order valence-electron chi connectivity index (χ2n) is 4.70. The van der Waals surface area contributed by atoms with E-state index in [1.165, 1.54) is 23.2 Å². The van der Waals surface area contributed by atoms with Crippen LogP contribution in [0.4, 0.5) is 5.13 Å². The Morgan fingerprint density at radius 1 is 1.38 bits per heavy atom. The average molecular weight is 313 g/mol. The molecular formula is C14H23N3O3S. The standard InChI is InChI=1S/C14H23N3O3S/c1-5-20-8-6-7-17(12(4)18)9-13(19)16-14-15-10(2)11(3)21-14/h5-9H2,1-4H3,(H,15,16,19). The lowest BCUT2D eigenvalue weighted by Gasteiger charge is -2.20. The minimum absolute atomic E-state index is 0.0408.